The van der Waals surface area contributed by atoms with E-state index in [1.54, 1.807) is 30.7 Å². The van der Waals surface area contributed by atoms with Crippen LogP contribution in [-0.2, 0) is 14.3 Å². The number of esters is 1. The first-order chi connectivity index (χ1) is 15.8. The molecular weight excluding hydrogens is 424 g/mol. The van der Waals surface area contributed by atoms with E-state index >= 15 is 0 Å². The smallest absolute Gasteiger partial charge is 0.411 e. The van der Waals surface area contributed by atoms with Crippen LogP contribution in [0.4, 0.5) is 16.2 Å². The lowest BCUT2D eigenvalue weighted by molar-refractivity contribution is -0.119. The Bertz CT molecular complexity index is 1170. The van der Waals surface area contributed by atoms with E-state index in [-0.39, 0.29) is 12.2 Å². The number of benzene rings is 2. The molecule has 0 spiro atoms. The average molecular weight is 450 g/mol. The molecule has 0 aliphatic carbocycles. The SMILES string of the molecule is CCOC(=O)Nc1cccc(C(=O)OCC(=O)Nc2c(C)nn(-c3ccc(C)cc3)c2C)c1. The fourth-order valence-corrected chi connectivity index (χ4v) is 3.16. The summed E-state index contributed by atoms with van der Waals surface area (Å²) >= 11 is 0. The Kier molecular flexibility index (Phi) is 7.45. The first-order valence-electron chi connectivity index (χ1n) is 10.4. The van der Waals surface area contributed by atoms with Gasteiger partial charge in [0.25, 0.3) is 5.91 Å². The highest BCUT2D eigenvalue weighted by Crippen LogP contribution is 2.23. The molecule has 1 heterocycles. The van der Waals surface area contributed by atoms with Crippen molar-refractivity contribution in [1.29, 1.82) is 0 Å². The highest BCUT2D eigenvalue weighted by molar-refractivity contribution is 5.97. The predicted molar refractivity (Wildman–Crippen MR) is 124 cm³/mol. The van der Waals surface area contributed by atoms with Crippen LogP contribution in [-0.4, -0.2) is 41.0 Å². The molecule has 0 saturated heterocycles. The van der Waals surface area contributed by atoms with Crippen molar-refractivity contribution in [2.75, 3.05) is 23.8 Å². The summed E-state index contributed by atoms with van der Waals surface area (Å²) in [4.78, 5) is 36.3. The summed E-state index contributed by atoms with van der Waals surface area (Å²) in [5, 5.41) is 9.78. The van der Waals surface area contributed by atoms with Crippen LogP contribution in [0, 0.1) is 20.8 Å². The minimum absolute atomic E-state index is 0.191. The molecule has 9 heteroatoms. The zero-order valence-electron chi connectivity index (χ0n) is 19.0. The van der Waals surface area contributed by atoms with Crippen molar-refractivity contribution in [1.82, 2.24) is 9.78 Å². The van der Waals surface area contributed by atoms with Gasteiger partial charge in [0, 0.05) is 5.69 Å². The second kappa shape index (κ2) is 10.4. The number of hydrogen-bond donors (Lipinski definition) is 2. The van der Waals surface area contributed by atoms with E-state index in [2.05, 4.69) is 15.7 Å². The van der Waals surface area contributed by atoms with Gasteiger partial charge < -0.3 is 14.8 Å². The largest absolute Gasteiger partial charge is 0.452 e. The summed E-state index contributed by atoms with van der Waals surface area (Å²) in [6.07, 6.45) is -0.626. The summed E-state index contributed by atoms with van der Waals surface area (Å²) in [6, 6.07) is 14.0. The van der Waals surface area contributed by atoms with Gasteiger partial charge in [0.2, 0.25) is 0 Å². The summed E-state index contributed by atoms with van der Waals surface area (Å²) in [5.41, 5.74) is 4.55. The number of carbonyl (C=O) groups excluding carboxylic acids is 3. The normalized spacial score (nSPS) is 10.4. The molecule has 0 aliphatic heterocycles. The van der Waals surface area contributed by atoms with E-state index < -0.39 is 24.6 Å². The van der Waals surface area contributed by atoms with E-state index in [1.807, 2.05) is 38.1 Å². The van der Waals surface area contributed by atoms with Crippen molar-refractivity contribution in [3.63, 3.8) is 0 Å². The van der Waals surface area contributed by atoms with Gasteiger partial charge in [-0.25, -0.2) is 14.3 Å². The topological polar surface area (TPSA) is 112 Å². The van der Waals surface area contributed by atoms with Gasteiger partial charge in [-0.3, -0.25) is 10.1 Å². The molecule has 3 rings (SSSR count). The number of rotatable bonds is 7. The molecule has 0 unspecified atom stereocenters. The van der Waals surface area contributed by atoms with Crippen LogP contribution < -0.4 is 10.6 Å². The van der Waals surface area contributed by atoms with Gasteiger partial charge in [0.1, 0.15) is 0 Å². The number of aryl methyl sites for hydroxylation is 2. The minimum atomic E-state index is -0.693. The molecule has 33 heavy (non-hydrogen) atoms. The number of ether oxygens (including phenoxy) is 2. The van der Waals surface area contributed by atoms with E-state index in [0.29, 0.717) is 17.1 Å². The Morgan fingerprint density at radius 3 is 2.39 bits per heavy atom. The van der Waals surface area contributed by atoms with E-state index in [4.69, 9.17) is 9.47 Å². The van der Waals surface area contributed by atoms with E-state index in [0.717, 1.165) is 16.9 Å². The van der Waals surface area contributed by atoms with E-state index in [1.165, 1.54) is 12.1 Å². The van der Waals surface area contributed by atoms with Gasteiger partial charge in [-0.05, 0) is 58.0 Å². The zero-order chi connectivity index (χ0) is 24.0. The molecule has 2 aromatic carbocycles. The quantitative estimate of drug-likeness (QED) is 0.523. The summed E-state index contributed by atoms with van der Waals surface area (Å²) in [5.74, 6) is -1.18. The third kappa shape index (κ3) is 5.97. The lowest BCUT2D eigenvalue weighted by Gasteiger charge is -2.09. The first kappa shape index (κ1) is 23.5. The van der Waals surface area contributed by atoms with Crippen LogP contribution in [0.5, 0.6) is 0 Å². The maximum absolute atomic E-state index is 12.4. The lowest BCUT2D eigenvalue weighted by Crippen LogP contribution is -2.21. The van der Waals surface area contributed by atoms with Gasteiger partial charge in [0.15, 0.2) is 6.61 Å². The number of amides is 2. The molecule has 0 saturated carbocycles. The van der Waals surface area contributed by atoms with Crippen LogP contribution in [0.1, 0.15) is 34.2 Å². The van der Waals surface area contributed by atoms with Crippen molar-refractivity contribution in [3.05, 3.63) is 71.0 Å². The first-order valence-corrected chi connectivity index (χ1v) is 10.4. The Balaban J connectivity index is 1.61. The Hall–Kier alpha value is -4.14. The maximum atomic E-state index is 12.4. The molecule has 2 amide bonds. The zero-order valence-corrected chi connectivity index (χ0v) is 19.0. The second-order valence-electron chi connectivity index (χ2n) is 7.34. The molecule has 2 N–H and O–H groups in total. The van der Waals surface area contributed by atoms with Gasteiger partial charge in [-0.1, -0.05) is 23.8 Å². The highest BCUT2D eigenvalue weighted by atomic mass is 16.5. The third-order valence-corrected chi connectivity index (χ3v) is 4.79. The van der Waals surface area contributed by atoms with Crippen molar-refractivity contribution in [3.8, 4) is 5.69 Å². The molecular formula is C24H26N4O5. The predicted octanol–water partition coefficient (Wildman–Crippen LogP) is 4.16. The Labute approximate surface area is 191 Å². The van der Waals surface area contributed by atoms with E-state index in [9.17, 15) is 14.4 Å². The molecule has 0 radical (unpaired) electrons. The standard InChI is InChI=1S/C24H26N4O5/c1-5-32-24(31)25-19-8-6-7-18(13-19)23(30)33-14-21(29)26-22-16(3)27-28(17(22)4)20-11-9-15(2)10-12-20/h6-13H,5,14H2,1-4H3,(H,25,31)(H,26,29). The fourth-order valence-electron chi connectivity index (χ4n) is 3.16. The summed E-state index contributed by atoms with van der Waals surface area (Å²) < 4.78 is 11.7. The van der Waals surface area contributed by atoms with Crippen molar-refractivity contribution in [2.24, 2.45) is 0 Å². The van der Waals surface area contributed by atoms with Crippen LogP contribution in [0.2, 0.25) is 0 Å². The monoisotopic (exact) mass is 450 g/mol. The Morgan fingerprint density at radius 1 is 0.970 bits per heavy atom. The lowest BCUT2D eigenvalue weighted by atomic mass is 10.2. The van der Waals surface area contributed by atoms with Crippen LogP contribution in [0.25, 0.3) is 5.69 Å². The second-order valence-corrected chi connectivity index (χ2v) is 7.34. The number of hydrogen-bond acceptors (Lipinski definition) is 6. The highest BCUT2D eigenvalue weighted by Gasteiger charge is 2.17. The third-order valence-electron chi connectivity index (χ3n) is 4.79. The molecule has 3 aromatic rings. The number of aromatic nitrogens is 2. The van der Waals surface area contributed by atoms with Gasteiger partial charge in [0.05, 0.1) is 34.9 Å². The van der Waals surface area contributed by atoms with Gasteiger partial charge in [-0.15, -0.1) is 0 Å². The summed E-state index contributed by atoms with van der Waals surface area (Å²) in [7, 11) is 0. The molecule has 0 fully saturated rings. The molecule has 172 valence electrons. The summed E-state index contributed by atoms with van der Waals surface area (Å²) in [6.45, 7) is 7.10. The van der Waals surface area contributed by atoms with Crippen LogP contribution >= 0.6 is 0 Å². The van der Waals surface area contributed by atoms with Gasteiger partial charge >= 0.3 is 12.1 Å². The molecule has 9 nitrogen and oxygen atoms in total. The van der Waals surface area contributed by atoms with Crippen molar-refractivity contribution < 1.29 is 23.9 Å². The minimum Gasteiger partial charge on any atom is -0.452 e. The molecule has 1 aromatic heterocycles. The molecule has 0 atom stereocenters. The number of nitrogens with zero attached hydrogens (tertiary/aromatic N) is 2. The van der Waals surface area contributed by atoms with Crippen molar-refractivity contribution in [2.45, 2.75) is 27.7 Å². The van der Waals surface area contributed by atoms with Crippen LogP contribution in [0.15, 0.2) is 48.5 Å². The van der Waals surface area contributed by atoms with Gasteiger partial charge in [-0.2, -0.15) is 5.10 Å². The Morgan fingerprint density at radius 2 is 1.70 bits per heavy atom. The fraction of sp³-hybridized carbons (Fsp3) is 0.250. The molecule has 0 aliphatic rings. The number of anilines is 2. The molecule has 0 bridgehead atoms. The van der Waals surface area contributed by atoms with Crippen LogP contribution in [0.3, 0.4) is 0 Å². The number of nitrogens with one attached hydrogen (secondary N) is 2. The van der Waals surface area contributed by atoms with Crippen molar-refractivity contribution >= 4 is 29.3 Å². The average Bonchev–Trinajstić information content (AvgIpc) is 3.06. The number of carbonyl (C=O) groups is 3. The maximum Gasteiger partial charge on any atom is 0.411 e.